The number of furan rings is 1. The van der Waals surface area contributed by atoms with E-state index >= 15 is 0 Å². The molecule has 126 valence electrons. The summed E-state index contributed by atoms with van der Waals surface area (Å²) < 4.78 is 9.89. The van der Waals surface area contributed by atoms with Crippen molar-refractivity contribution in [1.29, 1.82) is 0 Å². The van der Waals surface area contributed by atoms with E-state index in [9.17, 15) is 9.59 Å². The lowest BCUT2D eigenvalue weighted by Crippen LogP contribution is -2.48. The van der Waals surface area contributed by atoms with Crippen LogP contribution < -0.4 is 5.32 Å². The van der Waals surface area contributed by atoms with E-state index in [0.717, 1.165) is 36.8 Å². The van der Waals surface area contributed by atoms with Gasteiger partial charge in [0.2, 0.25) is 0 Å². The summed E-state index contributed by atoms with van der Waals surface area (Å²) in [5.41, 5.74) is 1.93. The highest BCUT2D eigenvalue weighted by Gasteiger charge is 2.38. The predicted octanol–water partition coefficient (Wildman–Crippen LogP) is 3.55. The Morgan fingerprint density at radius 2 is 2.00 bits per heavy atom. The fourth-order valence-electron chi connectivity index (χ4n) is 3.33. The molecule has 0 bridgehead atoms. The van der Waals surface area contributed by atoms with Crippen molar-refractivity contribution in [3.63, 3.8) is 0 Å². The van der Waals surface area contributed by atoms with E-state index in [4.69, 9.17) is 9.15 Å². The number of amides is 1. The third kappa shape index (κ3) is 3.50. The van der Waals surface area contributed by atoms with Crippen LogP contribution in [-0.4, -0.2) is 24.5 Å². The van der Waals surface area contributed by atoms with Crippen molar-refractivity contribution in [2.45, 2.75) is 37.6 Å². The van der Waals surface area contributed by atoms with E-state index in [1.807, 2.05) is 24.3 Å². The van der Waals surface area contributed by atoms with Gasteiger partial charge < -0.3 is 14.5 Å². The Balaban J connectivity index is 1.78. The number of rotatable bonds is 5. The second-order valence-corrected chi connectivity index (χ2v) is 6.29. The molecule has 5 nitrogen and oxygen atoms in total. The highest BCUT2D eigenvalue weighted by Crippen LogP contribution is 2.33. The largest absolute Gasteiger partial charge is 0.472 e. The Hall–Kier alpha value is -2.56. The monoisotopic (exact) mass is 327 g/mol. The molecule has 1 saturated carbocycles. The van der Waals surface area contributed by atoms with Gasteiger partial charge in [-0.1, -0.05) is 25.0 Å². The van der Waals surface area contributed by atoms with Crippen molar-refractivity contribution in [3.8, 4) is 11.1 Å². The molecule has 1 N–H and O–H groups in total. The van der Waals surface area contributed by atoms with Crippen molar-refractivity contribution < 1.29 is 18.7 Å². The van der Waals surface area contributed by atoms with Crippen LogP contribution in [0.1, 0.15) is 42.5 Å². The summed E-state index contributed by atoms with van der Waals surface area (Å²) >= 11 is 0. The van der Waals surface area contributed by atoms with E-state index in [-0.39, 0.29) is 18.3 Å². The minimum Gasteiger partial charge on any atom is -0.472 e. The Bertz CT molecular complexity index is 715. The number of carbonyl (C=O) groups is 2. The third-order valence-corrected chi connectivity index (χ3v) is 4.63. The summed E-state index contributed by atoms with van der Waals surface area (Å²) in [5, 5.41) is 3.08. The van der Waals surface area contributed by atoms with Crippen LogP contribution in [0.3, 0.4) is 0 Å². The Morgan fingerprint density at radius 3 is 2.67 bits per heavy atom. The van der Waals surface area contributed by atoms with Crippen LogP contribution in [0.25, 0.3) is 11.1 Å². The molecule has 1 aromatic carbocycles. The number of benzene rings is 1. The molecule has 1 aromatic heterocycles. The minimum absolute atomic E-state index is 0.161. The number of carbonyl (C=O) groups excluding carboxylic acids is 2. The van der Waals surface area contributed by atoms with Crippen molar-refractivity contribution in [2.75, 3.05) is 7.11 Å². The molecule has 1 fully saturated rings. The second kappa shape index (κ2) is 6.91. The number of nitrogens with one attached hydrogen (secondary N) is 1. The zero-order chi connectivity index (χ0) is 17.0. The molecule has 24 heavy (non-hydrogen) atoms. The summed E-state index contributed by atoms with van der Waals surface area (Å²) in [6.07, 6.45) is 7.08. The van der Waals surface area contributed by atoms with E-state index in [0.29, 0.717) is 5.56 Å². The smallest absolute Gasteiger partial charge is 0.307 e. The van der Waals surface area contributed by atoms with Gasteiger partial charge in [0.15, 0.2) is 0 Å². The van der Waals surface area contributed by atoms with Gasteiger partial charge in [0.25, 0.3) is 5.91 Å². The van der Waals surface area contributed by atoms with E-state index in [1.165, 1.54) is 7.11 Å². The van der Waals surface area contributed by atoms with Crippen molar-refractivity contribution >= 4 is 11.9 Å². The molecule has 0 spiro atoms. The molecule has 3 rings (SSSR count). The van der Waals surface area contributed by atoms with E-state index in [2.05, 4.69) is 5.32 Å². The molecule has 0 saturated heterocycles. The molecule has 1 heterocycles. The van der Waals surface area contributed by atoms with Gasteiger partial charge in [-0.05, 0) is 36.6 Å². The average molecular weight is 327 g/mol. The Morgan fingerprint density at radius 1 is 1.21 bits per heavy atom. The van der Waals surface area contributed by atoms with Crippen molar-refractivity contribution in [3.05, 3.63) is 48.4 Å². The van der Waals surface area contributed by atoms with Gasteiger partial charge >= 0.3 is 5.97 Å². The molecule has 2 aromatic rings. The van der Waals surface area contributed by atoms with Crippen LogP contribution in [0.5, 0.6) is 0 Å². The van der Waals surface area contributed by atoms with Gasteiger partial charge in [-0.25, -0.2) is 0 Å². The highest BCUT2D eigenvalue weighted by atomic mass is 16.5. The van der Waals surface area contributed by atoms with Crippen LogP contribution in [0, 0.1) is 0 Å². The topological polar surface area (TPSA) is 68.5 Å². The summed E-state index contributed by atoms with van der Waals surface area (Å²) in [6.45, 7) is 0. The number of ether oxygens (including phenoxy) is 1. The molecule has 1 amide bonds. The van der Waals surface area contributed by atoms with Crippen molar-refractivity contribution in [2.24, 2.45) is 0 Å². The summed E-state index contributed by atoms with van der Waals surface area (Å²) in [7, 11) is 1.38. The van der Waals surface area contributed by atoms with E-state index < -0.39 is 5.54 Å². The first-order valence-corrected chi connectivity index (χ1v) is 8.14. The minimum atomic E-state index is -0.490. The molecule has 1 aliphatic carbocycles. The fourth-order valence-corrected chi connectivity index (χ4v) is 3.33. The van der Waals surface area contributed by atoms with Crippen LogP contribution in [0.4, 0.5) is 0 Å². The summed E-state index contributed by atoms with van der Waals surface area (Å²) in [5.74, 6) is -0.449. The number of esters is 1. The van der Waals surface area contributed by atoms with Gasteiger partial charge in [0.05, 0.1) is 31.6 Å². The molecule has 0 atom stereocenters. The molecule has 5 heteroatoms. The molecular weight excluding hydrogens is 306 g/mol. The third-order valence-electron chi connectivity index (χ3n) is 4.63. The first kappa shape index (κ1) is 16.3. The van der Waals surface area contributed by atoms with E-state index in [1.54, 1.807) is 18.6 Å². The second-order valence-electron chi connectivity index (χ2n) is 6.29. The summed E-state index contributed by atoms with van der Waals surface area (Å²) in [4.78, 5) is 24.4. The lowest BCUT2D eigenvalue weighted by atomic mass is 9.92. The number of hydrogen-bond acceptors (Lipinski definition) is 4. The van der Waals surface area contributed by atoms with Gasteiger partial charge in [-0.15, -0.1) is 0 Å². The lowest BCUT2D eigenvalue weighted by molar-refractivity contribution is -0.142. The molecule has 0 unspecified atom stereocenters. The van der Waals surface area contributed by atoms with Gasteiger partial charge in [0, 0.05) is 11.1 Å². The van der Waals surface area contributed by atoms with Crippen LogP contribution >= 0.6 is 0 Å². The Labute approximate surface area is 141 Å². The number of methoxy groups -OCH3 is 1. The van der Waals surface area contributed by atoms with Crippen molar-refractivity contribution in [1.82, 2.24) is 5.32 Å². The highest BCUT2D eigenvalue weighted by molar-refractivity contribution is 5.96. The zero-order valence-electron chi connectivity index (χ0n) is 13.7. The SMILES string of the molecule is COC(=O)CC1(NC(=O)c2cccc(-c3ccoc3)c2)CCCC1. The molecule has 1 aliphatic rings. The zero-order valence-corrected chi connectivity index (χ0v) is 13.7. The van der Waals surface area contributed by atoms with Gasteiger partial charge in [-0.3, -0.25) is 9.59 Å². The maximum Gasteiger partial charge on any atom is 0.307 e. The summed E-state index contributed by atoms with van der Waals surface area (Å²) in [6, 6.07) is 9.24. The van der Waals surface area contributed by atoms with Crippen LogP contribution in [0.2, 0.25) is 0 Å². The van der Waals surface area contributed by atoms with Crippen LogP contribution in [-0.2, 0) is 9.53 Å². The fraction of sp³-hybridized carbons (Fsp3) is 0.368. The predicted molar refractivity (Wildman–Crippen MR) is 89.4 cm³/mol. The van der Waals surface area contributed by atoms with Gasteiger partial charge in [-0.2, -0.15) is 0 Å². The quantitative estimate of drug-likeness (QED) is 0.853. The van der Waals surface area contributed by atoms with Gasteiger partial charge in [0.1, 0.15) is 0 Å². The molecule has 0 aliphatic heterocycles. The Kier molecular flexibility index (Phi) is 4.69. The lowest BCUT2D eigenvalue weighted by Gasteiger charge is -2.29. The van der Waals surface area contributed by atoms with Crippen LogP contribution in [0.15, 0.2) is 47.3 Å². The average Bonchev–Trinajstić information content (AvgIpc) is 3.27. The molecular formula is C19H21NO4. The standard InChI is InChI=1S/C19H21NO4/c1-23-17(21)12-19(8-2-3-9-19)20-18(22)15-6-4-5-14(11-15)16-7-10-24-13-16/h4-7,10-11,13H,2-3,8-9,12H2,1H3,(H,20,22). The number of hydrogen-bond donors (Lipinski definition) is 1. The maximum atomic E-state index is 12.7. The normalized spacial score (nSPS) is 15.9. The first-order valence-electron chi connectivity index (χ1n) is 8.14. The molecule has 0 radical (unpaired) electrons. The first-order chi connectivity index (χ1) is 11.6. The maximum absolute atomic E-state index is 12.7.